The third-order valence-corrected chi connectivity index (χ3v) is 7.06. The minimum absolute atomic E-state index is 0.221. The Bertz CT molecular complexity index is 202. The van der Waals surface area contributed by atoms with Crippen LogP contribution in [-0.2, 0) is 9.16 Å². The summed E-state index contributed by atoms with van der Waals surface area (Å²) in [6.07, 6.45) is 2.93. The monoisotopic (exact) mass is 216 g/mol. The molecule has 0 fully saturated rings. The van der Waals surface area contributed by atoms with Gasteiger partial charge in [0, 0.05) is 0 Å². The lowest BCUT2D eigenvalue weighted by Gasteiger charge is -2.36. The quantitative estimate of drug-likeness (QED) is 0.524. The summed E-state index contributed by atoms with van der Waals surface area (Å²) in [5.41, 5.74) is 0. The van der Waals surface area contributed by atoms with Crippen LogP contribution in [0.5, 0.6) is 0 Å². The molecule has 0 heterocycles. The van der Waals surface area contributed by atoms with E-state index in [4.69, 9.17) is 9.16 Å². The van der Waals surface area contributed by atoms with Gasteiger partial charge in [0.2, 0.25) is 0 Å². The second-order valence-corrected chi connectivity index (χ2v) is 9.72. The van der Waals surface area contributed by atoms with Gasteiger partial charge in [-0.3, -0.25) is 0 Å². The molecule has 0 aliphatic rings. The maximum Gasteiger partial charge on any atom is 0.260 e. The zero-order chi connectivity index (χ0) is 11.4. The third kappa shape index (κ3) is 3.74. The van der Waals surface area contributed by atoms with Crippen LogP contribution in [0.4, 0.5) is 0 Å². The van der Waals surface area contributed by atoms with Crippen LogP contribution in [0.25, 0.3) is 0 Å². The summed E-state index contributed by atoms with van der Waals surface area (Å²) < 4.78 is 11.2. The molecule has 84 valence electrons. The van der Waals surface area contributed by atoms with Gasteiger partial charge in [0.05, 0.1) is 7.11 Å². The fraction of sp³-hybridized carbons (Fsp3) is 0.818. The molecule has 0 aromatic rings. The highest BCUT2D eigenvalue weighted by Gasteiger charge is 2.39. The van der Waals surface area contributed by atoms with Crippen molar-refractivity contribution in [1.29, 1.82) is 0 Å². The summed E-state index contributed by atoms with van der Waals surface area (Å²) in [5.74, 6) is 0.680. The molecule has 0 aliphatic heterocycles. The molecule has 0 rings (SSSR count). The Morgan fingerprint density at radius 1 is 1.29 bits per heavy atom. The third-order valence-electron chi connectivity index (χ3n) is 2.73. The van der Waals surface area contributed by atoms with Gasteiger partial charge in [0.15, 0.2) is 0 Å². The minimum Gasteiger partial charge on any atom is -0.519 e. The van der Waals surface area contributed by atoms with Crippen molar-refractivity contribution in [3.8, 4) is 0 Å². The smallest absolute Gasteiger partial charge is 0.260 e. The fourth-order valence-electron chi connectivity index (χ4n) is 0.738. The number of methoxy groups -OCH3 is 1. The van der Waals surface area contributed by atoms with Crippen molar-refractivity contribution in [2.75, 3.05) is 7.11 Å². The van der Waals surface area contributed by atoms with E-state index in [9.17, 15) is 0 Å². The van der Waals surface area contributed by atoms with Crippen molar-refractivity contribution >= 4 is 8.32 Å². The lowest BCUT2D eigenvalue weighted by molar-refractivity contribution is 0.139. The maximum absolute atomic E-state index is 5.97. The van der Waals surface area contributed by atoms with Crippen LogP contribution in [0.3, 0.4) is 0 Å². The van der Waals surface area contributed by atoms with Crippen molar-refractivity contribution in [3.05, 3.63) is 12.0 Å². The van der Waals surface area contributed by atoms with Crippen molar-refractivity contribution in [2.45, 2.75) is 52.2 Å². The van der Waals surface area contributed by atoms with Gasteiger partial charge in [-0.05, 0) is 30.6 Å². The number of allylic oxidation sites excluding steroid dienone is 1. The van der Waals surface area contributed by atoms with Gasteiger partial charge in [0.1, 0.15) is 0 Å². The average Bonchev–Trinajstić information content (AvgIpc) is 2.01. The summed E-state index contributed by atoms with van der Waals surface area (Å²) in [6, 6.07) is 0. The Morgan fingerprint density at radius 2 is 1.79 bits per heavy atom. The molecule has 0 radical (unpaired) electrons. The molecule has 0 aromatic heterocycles. The van der Waals surface area contributed by atoms with E-state index in [0.29, 0.717) is 5.95 Å². The van der Waals surface area contributed by atoms with Crippen LogP contribution in [0.1, 0.15) is 34.1 Å². The Morgan fingerprint density at radius 3 is 2.07 bits per heavy atom. The first kappa shape index (κ1) is 13.6. The lowest BCUT2D eigenvalue weighted by Crippen LogP contribution is -2.40. The molecule has 3 heteroatoms. The van der Waals surface area contributed by atoms with Crippen molar-refractivity contribution in [3.63, 3.8) is 0 Å². The van der Waals surface area contributed by atoms with Crippen LogP contribution in [0, 0.1) is 0 Å². The molecule has 0 spiro atoms. The van der Waals surface area contributed by atoms with E-state index in [-0.39, 0.29) is 5.04 Å². The number of ether oxygens (including phenoxy) is 1. The SMILES string of the molecule is CC/C=C(\OC)O[Si](C)(C)C(C)(C)C. The molecule has 0 N–H and O–H groups in total. The van der Waals surface area contributed by atoms with E-state index in [0.717, 1.165) is 6.42 Å². The van der Waals surface area contributed by atoms with Gasteiger partial charge >= 0.3 is 0 Å². The van der Waals surface area contributed by atoms with Crippen LogP contribution < -0.4 is 0 Å². The van der Waals surface area contributed by atoms with Crippen LogP contribution in [0.15, 0.2) is 12.0 Å². The van der Waals surface area contributed by atoms with Crippen molar-refractivity contribution in [2.24, 2.45) is 0 Å². The molecule has 0 saturated carbocycles. The van der Waals surface area contributed by atoms with Crippen LogP contribution in [0.2, 0.25) is 18.1 Å². The Kier molecular flexibility index (Phi) is 4.72. The van der Waals surface area contributed by atoms with Gasteiger partial charge in [-0.1, -0.05) is 27.7 Å². The standard InChI is InChI=1S/C11H24O2Si/c1-8-9-10(12-5)13-14(6,7)11(2,3)4/h9H,8H2,1-7H3/b10-9+. The second-order valence-electron chi connectivity index (χ2n) is 5.00. The average molecular weight is 216 g/mol. The highest BCUT2D eigenvalue weighted by atomic mass is 28.4. The minimum atomic E-state index is -1.72. The van der Waals surface area contributed by atoms with Gasteiger partial charge in [0.25, 0.3) is 14.3 Å². The molecule has 0 atom stereocenters. The highest BCUT2D eigenvalue weighted by Crippen LogP contribution is 2.37. The normalized spacial score (nSPS) is 14.1. The number of rotatable bonds is 4. The number of hydrogen-bond acceptors (Lipinski definition) is 2. The van der Waals surface area contributed by atoms with E-state index in [1.165, 1.54) is 0 Å². The zero-order valence-electron chi connectivity index (χ0n) is 10.6. The summed E-state index contributed by atoms with van der Waals surface area (Å²) >= 11 is 0. The second kappa shape index (κ2) is 4.87. The summed E-state index contributed by atoms with van der Waals surface area (Å²) in [6.45, 7) is 13.2. The van der Waals surface area contributed by atoms with E-state index in [2.05, 4.69) is 40.8 Å². The number of hydrogen-bond donors (Lipinski definition) is 0. The Hall–Kier alpha value is -0.443. The largest absolute Gasteiger partial charge is 0.519 e. The first-order valence-corrected chi connectivity index (χ1v) is 8.08. The van der Waals surface area contributed by atoms with Crippen LogP contribution in [-0.4, -0.2) is 15.4 Å². The molecular weight excluding hydrogens is 192 g/mol. The van der Waals surface area contributed by atoms with Gasteiger partial charge in [-0.2, -0.15) is 0 Å². The van der Waals surface area contributed by atoms with Gasteiger partial charge < -0.3 is 9.16 Å². The van der Waals surface area contributed by atoms with E-state index < -0.39 is 8.32 Å². The van der Waals surface area contributed by atoms with Crippen LogP contribution >= 0.6 is 0 Å². The molecule has 0 unspecified atom stereocenters. The maximum atomic E-state index is 5.97. The molecule has 0 amide bonds. The van der Waals surface area contributed by atoms with E-state index in [1.807, 2.05) is 6.08 Å². The molecule has 0 bridgehead atoms. The molecule has 0 aliphatic carbocycles. The fourth-order valence-corrected chi connectivity index (χ4v) is 1.71. The van der Waals surface area contributed by atoms with Gasteiger partial charge in [-0.15, -0.1) is 0 Å². The molecule has 2 nitrogen and oxygen atoms in total. The van der Waals surface area contributed by atoms with E-state index >= 15 is 0 Å². The summed E-state index contributed by atoms with van der Waals surface area (Å²) in [7, 11) is -0.0581. The lowest BCUT2D eigenvalue weighted by atomic mass is 10.2. The first-order chi connectivity index (χ1) is 6.24. The highest BCUT2D eigenvalue weighted by molar-refractivity contribution is 6.74. The van der Waals surface area contributed by atoms with Crippen molar-refractivity contribution < 1.29 is 9.16 Å². The molecule has 14 heavy (non-hydrogen) atoms. The van der Waals surface area contributed by atoms with E-state index in [1.54, 1.807) is 7.11 Å². The summed E-state index contributed by atoms with van der Waals surface area (Å²) in [4.78, 5) is 0. The topological polar surface area (TPSA) is 18.5 Å². The zero-order valence-corrected chi connectivity index (χ0v) is 11.6. The predicted octanol–water partition coefficient (Wildman–Crippen LogP) is 3.91. The Balaban J connectivity index is 4.56. The Labute approximate surface area is 89.4 Å². The molecular formula is C11H24O2Si. The predicted molar refractivity (Wildman–Crippen MR) is 63.7 cm³/mol. The van der Waals surface area contributed by atoms with Crippen molar-refractivity contribution in [1.82, 2.24) is 0 Å². The summed E-state index contributed by atoms with van der Waals surface area (Å²) in [5, 5.41) is 0.221. The first-order valence-electron chi connectivity index (χ1n) is 5.17. The molecule has 0 aromatic carbocycles. The molecule has 0 saturated heterocycles. The van der Waals surface area contributed by atoms with Gasteiger partial charge in [-0.25, -0.2) is 0 Å².